The Morgan fingerprint density at radius 1 is 0.966 bits per heavy atom. The zero-order valence-corrected chi connectivity index (χ0v) is 17.6. The molecule has 5 nitrogen and oxygen atoms in total. The summed E-state index contributed by atoms with van der Waals surface area (Å²) in [6.07, 6.45) is 0. The first-order valence-corrected chi connectivity index (χ1v) is 10.1. The second-order valence-corrected chi connectivity index (χ2v) is 8.45. The number of anilines is 1. The number of rotatable bonds is 4. The Balaban J connectivity index is 1.88. The predicted molar refractivity (Wildman–Crippen MR) is 115 cm³/mol. The summed E-state index contributed by atoms with van der Waals surface area (Å²) in [7, 11) is 3.14. The standard InChI is InChI=1S/C22H18ClNO4S/c1-22(13-7-9-14(27-2)10-8-13)18(25)17-16(12-5-4-6-15(11-12)28-3)19(23)29-20(17)24-21(22)26/h4-11H,1-3H3,(H,24,26). The molecule has 0 saturated carbocycles. The molecule has 2 aromatic carbocycles. The van der Waals surface area contributed by atoms with Crippen LogP contribution < -0.4 is 14.8 Å². The van der Waals surface area contributed by atoms with E-state index in [1.807, 2.05) is 24.3 Å². The number of ether oxygens (including phenoxy) is 2. The van der Waals surface area contributed by atoms with Crippen LogP contribution in [0.2, 0.25) is 4.34 Å². The van der Waals surface area contributed by atoms with E-state index in [0.717, 1.165) is 5.56 Å². The summed E-state index contributed by atoms with van der Waals surface area (Å²) in [6.45, 7) is 1.64. The first kappa shape index (κ1) is 19.5. The Kier molecular flexibility index (Phi) is 4.84. The molecule has 1 amide bonds. The average Bonchev–Trinajstić information content (AvgIpc) is 3.07. The second-order valence-electron chi connectivity index (χ2n) is 6.82. The van der Waals surface area contributed by atoms with Crippen molar-refractivity contribution in [1.29, 1.82) is 0 Å². The largest absolute Gasteiger partial charge is 0.497 e. The lowest BCUT2D eigenvalue weighted by molar-refractivity contribution is -0.119. The quantitative estimate of drug-likeness (QED) is 0.583. The van der Waals surface area contributed by atoms with Gasteiger partial charge in [-0.25, -0.2) is 0 Å². The number of methoxy groups -OCH3 is 2. The van der Waals surface area contributed by atoms with Crippen molar-refractivity contribution < 1.29 is 19.1 Å². The van der Waals surface area contributed by atoms with Crippen molar-refractivity contribution in [2.24, 2.45) is 0 Å². The number of halogens is 1. The van der Waals surface area contributed by atoms with E-state index in [1.54, 1.807) is 45.4 Å². The number of carbonyl (C=O) groups is 2. The minimum atomic E-state index is -1.38. The topological polar surface area (TPSA) is 64.6 Å². The van der Waals surface area contributed by atoms with Crippen molar-refractivity contribution in [2.75, 3.05) is 19.5 Å². The molecule has 148 valence electrons. The van der Waals surface area contributed by atoms with Crippen molar-refractivity contribution >= 4 is 39.6 Å². The maximum Gasteiger partial charge on any atom is 0.243 e. The van der Waals surface area contributed by atoms with Crippen molar-refractivity contribution in [2.45, 2.75) is 12.3 Å². The van der Waals surface area contributed by atoms with Crippen molar-refractivity contribution in [3.05, 3.63) is 64.0 Å². The molecule has 29 heavy (non-hydrogen) atoms. The lowest BCUT2D eigenvalue weighted by Crippen LogP contribution is -2.48. The highest BCUT2D eigenvalue weighted by molar-refractivity contribution is 7.21. The highest BCUT2D eigenvalue weighted by Crippen LogP contribution is 2.49. The normalized spacial score (nSPS) is 18.2. The first-order chi connectivity index (χ1) is 13.9. The van der Waals surface area contributed by atoms with Crippen LogP contribution in [0.4, 0.5) is 5.00 Å². The van der Waals surface area contributed by atoms with Crippen LogP contribution in [0.25, 0.3) is 11.1 Å². The van der Waals surface area contributed by atoms with E-state index < -0.39 is 5.41 Å². The fraction of sp³-hybridized carbons (Fsp3) is 0.182. The second kappa shape index (κ2) is 7.21. The van der Waals surface area contributed by atoms with Gasteiger partial charge < -0.3 is 14.8 Å². The van der Waals surface area contributed by atoms with Gasteiger partial charge in [0.05, 0.1) is 19.8 Å². The maximum atomic E-state index is 13.7. The Morgan fingerprint density at radius 3 is 2.31 bits per heavy atom. The molecule has 0 fully saturated rings. The van der Waals surface area contributed by atoms with Crippen LogP contribution in [-0.4, -0.2) is 25.9 Å². The minimum Gasteiger partial charge on any atom is -0.497 e. The predicted octanol–water partition coefficient (Wildman–Crippen LogP) is 5.18. The number of fused-ring (bicyclic) bond motifs is 1. The molecule has 1 aromatic heterocycles. The van der Waals surface area contributed by atoms with E-state index in [1.165, 1.54) is 11.3 Å². The number of amides is 1. The molecule has 1 atom stereocenters. The monoisotopic (exact) mass is 427 g/mol. The maximum absolute atomic E-state index is 13.7. The summed E-state index contributed by atoms with van der Waals surface area (Å²) in [5.74, 6) is 0.638. The van der Waals surface area contributed by atoms with Gasteiger partial charge in [-0.3, -0.25) is 9.59 Å². The summed E-state index contributed by atoms with van der Waals surface area (Å²) >= 11 is 7.70. The zero-order chi connectivity index (χ0) is 20.8. The van der Waals surface area contributed by atoms with Gasteiger partial charge in [0, 0.05) is 5.56 Å². The number of carbonyl (C=O) groups excluding carboxylic acids is 2. The van der Waals surface area contributed by atoms with E-state index in [2.05, 4.69) is 5.32 Å². The Hall–Kier alpha value is -2.83. The molecule has 1 N–H and O–H groups in total. The van der Waals surface area contributed by atoms with E-state index in [9.17, 15) is 9.59 Å². The van der Waals surface area contributed by atoms with Crippen molar-refractivity contribution in [3.8, 4) is 22.6 Å². The molecule has 0 aliphatic carbocycles. The van der Waals surface area contributed by atoms with Crippen LogP contribution in [0.1, 0.15) is 22.8 Å². The van der Waals surface area contributed by atoms with Gasteiger partial charge in [0.2, 0.25) is 5.91 Å². The molecule has 0 saturated heterocycles. The van der Waals surface area contributed by atoms with E-state index >= 15 is 0 Å². The summed E-state index contributed by atoms with van der Waals surface area (Å²) < 4.78 is 10.9. The lowest BCUT2D eigenvalue weighted by Gasteiger charge is -2.32. The third-order valence-electron chi connectivity index (χ3n) is 5.25. The summed E-state index contributed by atoms with van der Waals surface area (Å²) in [6, 6.07) is 14.3. The molecule has 4 rings (SSSR count). The van der Waals surface area contributed by atoms with Gasteiger partial charge in [0.15, 0.2) is 5.78 Å². The number of nitrogens with one attached hydrogen (secondary N) is 1. The van der Waals surface area contributed by atoms with Gasteiger partial charge in [0.25, 0.3) is 0 Å². The van der Waals surface area contributed by atoms with Crippen LogP contribution in [0, 0.1) is 0 Å². The number of ketones is 1. The molecule has 0 bridgehead atoms. The molecule has 1 unspecified atom stereocenters. The summed E-state index contributed by atoms with van der Waals surface area (Å²) in [5, 5.41) is 3.35. The lowest BCUT2D eigenvalue weighted by atomic mass is 9.73. The molecule has 3 aromatic rings. The van der Waals surface area contributed by atoms with Gasteiger partial charge in [-0.1, -0.05) is 35.9 Å². The highest BCUT2D eigenvalue weighted by Gasteiger charge is 2.49. The van der Waals surface area contributed by atoms with Crippen molar-refractivity contribution in [3.63, 3.8) is 0 Å². The van der Waals surface area contributed by atoms with Crippen LogP contribution in [0.3, 0.4) is 0 Å². The van der Waals surface area contributed by atoms with E-state index in [4.69, 9.17) is 21.1 Å². The van der Waals surface area contributed by atoms with Gasteiger partial charge in [-0.05, 0) is 42.3 Å². The van der Waals surface area contributed by atoms with Crippen molar-refractivity contribution in [1.82, 2.24) is 0 Å². The Labute approximate surface area is 177 Å². The molecule has 7 heteroatoms. The van der Waals surface area contributed by atoms with Crippen LogP contribution in [0.15, 0.2) is 48.5 Å². The van der Waals surface area contributed by atoms with E-state index in [-0.39, 0.29) is 11.7 Å². The average molecular weight is 428 g/mol. The van der Waals surface area contributed by atoms with Gasteiger partial charge in [-0.2, -0.15) is 0 Å². The molecular formula is C22H18ClNO4S. The Morgan fingerprint density at radius 2 is 1.66 bits per heavy atom. The molecular weight excluding hydrogens is 410 g/mol. The third-order valence-corrected chi connectivity index (χ3v) is 6.57. The number of thiophene rings is 1. The summed E-state index contributed by atoms with van der Waals surface area (Å²) in [5.41, 5.74) is 0.998. The number of benzene rings is 2. The molecule has 0 spiro atoms. The van der Waals surface area contributed by atoms with Crippen LogP contribution >= 0.6 is 22.9 Å². The summed E-state index contributed by atoms with van der Waals surface area (Å²) in [4.78, 5) is 26.7. The van der Waals surface area contributed by atoms with Gasteiger partial charge in [-0.15, -0.1) is 11.3 Å². The van der Waals surface area contributed by atoms with E-state index in [0.29, 0.717) is 37.5 Å². The first-order valence-electron chi connectivity index (χ1n) is 8.87. The van der Waals surface area contributed by atoms with Crippen LogP contribution in [-0.2, 0) is 10.2 Å². The Bertz CT molecular complexity index is 1120. The van der Waals surface area contributed by atoms with Crippen LogP contribution in [0.5, 0.6) is 11.5 Å². The zero-order valence-electron chi connectivity index (χ0n) is 16.0. The SMILES string of the molecule is COc1ccc(C2(C)C(=O)Nc3sc(Cl)c(-c4cccc(OC)c4)c3C2=O)cc1. The number of hydrogen-bond acceptors (Lipinski definition) is 5. The smallest absolute Gasteiger partial charge is 0.243 e. The number of Topliss-reactive ketones (excluding diaryl/α,β-unsaturated/α-hetero) is 1. The molecule has 1 aliphatic rings. The van der Waals surface area contributed by atoms with Gasteiger partial charge in [0.1, 0.15) is 26.3 Å². The van der Waals surface area contributed by atoms with Gasteiger partial charge >= 0.3 is 0 Å². The molecule has 1 aliphatic heterocycles. The third kappa shape index (κ3) is 2.99. The number of hydrogen-bond donors (Lipinski definition) is 1. The highest BCUT2D eigenvalue weighted by atomic mass is 35.5. The molecule has 0 radical (unpaired) electrons. The molecule has 2 heterocycles. The fourth-order valence-corrected chi connectivity index (χ4v) is 4.89. The fourth-order valence-electron chi connectivity index (χ4n) is 3.51. The minimum absolute atomic E-state index is 0.289.